The van der Waals surface area contributed by atoms with Gasteiger partial charge < -0.3 is 5.73 Å². The Morgan fingerprint density at radius 2 is 2.27 bits per heavy atom. The lowest BCUT2D eigenvalue weighted by molar-refractivity contribution is 0.469. The zero-order chi connectivity index (χ0) is 11.1. The van der Waals surface area contributed by atoms with Gasteiger partial charge in [0.25, 0.3) is 0 Å². The van der Waals surface area contributed by atoms with E-state index in [9.17, 15) is 0 Å². The second-order valence-corrected chi connectivity index (χ2v) is 4.01. The third-order valence-electron chi connectivity index (χ3n) is 2.03. The van der Waals surface area contributed by atoms with Crippen LogP contribution in [-0.2, 0) is 13.0 Å². The highest BCUT2D eigenvalue weighted by Gasteiger charge is 2.03. The molecule has 0 aliphatic heterocycles. The van der Waals surface area contributed by atoms with Crippen LogP contribution in [0.5, 0.6) is 0 Å². The highest BCUT2D eigenvalue weighted by atomic mass is 15.3. The van der Waals surface area contributed by atoms with Crippen LogP contribution in [0.15, 0.2) is 18.5 Å². The van der Waals surface area contributed by atoms with Crippen LogP contribution in [0, 0.1) is 5.92 Å². The van der Waals surface area contributed by atoms with Crippen molar-refractivity contribution in [3.05, 3.63) is 24.3 Å². The van der Waals surface area contributed by atoms with Crippen molar-refractivity contribution in [2.75, 3.05) is 6.54 Å². The van der Waals surface area contributed by atoms with E-state index < -0.39 is 0 Å². The van der Waals surface area contributed by atoms with E-state index in [-0.39, 0.29) is 0 Å². The van der Waals surface area contributed by atoms with E-state index in [4.69, 9.17) is 5.73 Å². The van der Waals surface area contributed by atoms with Crippen LogP contribution in [0.4, 0.5) is 0 Å². The molecule has 15 heavy (non-hydrogen) atoms. The maximum absolute atomic E-state index is 5.40. The molecule has 84 valence electrons. The zero-order valence-electron chi connectivity index (χ0n) is 9.56. The van der Waals surface area contributed by atoms with Gasteiger partial charge in [-0.1, -0.05) is 26.0 Å². The lowest BCUT2D eigenvalue weighted by Gasteiger charge is -2.06. The van der Waals surface area contributed by atoms with Crippen molar-refractivity contribution < 1.29 is 0 Å². The van der Waals surface area contributed by atoms with Gasteiger partial charge >= 0.3 is 0 Å². The number of nitrogens with zero attached hydrogens (tertiary/aromatic N) is 3. The van der Waals surface area contributed by atoms with E-state index in [0.29, 0.717) is 12.5 Å². The van der Waals surface area contributed by atoms with E-state index in [1.165, 1.54) is 0 Å². The fourth-order valence-electron chi connectivity index (χ4n) is 1.35. The molecule has 0 bridgehead atoms. The predicted octanol–water partition coefficient (Wildman–Crippen LogP) is 1.38. The fraction of sp³-hybridized carbons (Fsp3) is 0.636. The van der Waals surface area contributed by atoms with Gasteiger partial charge in [0, 0.05) is 13.0 Å². The summed E-state index contributed by atoms with van der Waals surface area (Å²) in [4.78, 5) is 4.24. The Labute approximate surface area is 91.2 Å². The third kappa shape index (κ3) is 4.25. The van der Waals surface area contributed by atoms with Crippen LogP contribution < -0.4 is 5.73 Å². The van der Waals surface area contributed by atoms with Crippen LogP contribution in [0.25, 0.3) is 0 Å². The van der Waals surface area contributed by atoms with Crippen molar-refractivity contribution in [3.8, 4) is 0 Å². The Hall–Kier alpha value is -1.16. The maximum Gasteiger partial charge on any atom is 0.138 e. The van der Waals surface area contributed by atoms with Crippen molar-refractivity contribution in [2.45, 2.75) is 33.2 Å². The molecule has 0 atom stereocenters. The quantitative estimate of drug-likeness (QED) is 0.719. The van der Waals surface area contributed by atoms with Gasteiger partial charge in [0.1, 0.15) is 12.2 Å². The molecule has 1 aromatic heterocycles. The van der Waals surface area contributed by atoms with Crippen LogP contribution in [0.1, 0.15) is 26.1 Å². The standard InChI is InChI=1S/C11H20N4/c1-10(2)8-15-11(13-9-14-15)6-4-3-5-7-12/h3-4,9-10H,5-8,12H2,1-2H3. The first kappa shape index (κ1) is 11.9. The Morgan fingerprint density at radius 1 is 1.47 bits per heavy atom. The fourth-order valence-corrected chi connectivity index (χ4v) is 1.35. The second kappa shape index (κ2) is 6.35. The molecule has 0 aliphatic carbocycles. The monoisotopic (exact) mass is 208 g/mol. The van der Waals surface area contributed by atoms with E-state index in [1.54, 1.807) is 6.33 Å². The molecule has 0 spiro atoms. The average molecular weight is 208 g/mol. The smallest absolute Gasteiger partial charge is 0.138 e. The van der Waals surface area contributed by atoms with E-state index in [2.05, 4.69) is 36.1 Å². The van der Waals surface area contributed by atoms with Crippen molar-refractivity contribution in [1.82, 2.24) is 14.8 Å². The molecule has 0 unspecified atom stereocenters. The summed E-state index contributed by atoms with van der Waals surface area (Å²) < 4.78 is 1.97. The van der Waals surface area contributed by atoms with Gasteiger partial charge in [-0.05, 0) is 18.9 Å². The van der Waals surface area contributed by atoms with E-state index >= 15 is 0 Å². The van der Waals surface area contributed by atoms with Gasteiger partial charge in [-0.2, -0.15) is 5.10 Å². The highest BCUT2D eigenvalue weighted by Crippen LogP contribution is 2.02. The zero-order valence-corrected chi connectivity index (χ0v) is 9.56. The Morgan fingerprint density at radius 3 is 2.93 bits per heavy atom. The minimum absolute atomic E-state index is 0.596. The number of rotatable bonds is 6. The minimum Gasteiger partial charge on any atom is -0.330 e. The number of allylic oxidation sites excluding steroid dienone is 1. The number of aromatic nitrogens is 3. The Bertz CT molecular complexity index is 301. The molecule has 0 radical (unpaired) electrons. The largest absolute Gasteiger partial charge is 0.330 e. The highest BCUT2D eigenvalue weighted by molar-refractivity contribution is 4.96. The molecule has 2 N–H and O–H groups in total. The summed E-state index contributed by atoms with van der Waals surface area (Å²) in [5, 5.41) is 4.20. The van der Waals surface area contributed by atoms with Crippen molar-refractivity contribution in [2.24, 2.45) is 11.7 Å². The minimum atomic E-state index is 0.596. The first-order valence-corrected chi connectivity index (χ1v) is 5.45. The van der Waals surface area contributed by atoms with Crippen LogP contribution >= 0.6 is 0 Å². The maximum atomic E-state index is 5.40. The van der Waals surface area contributed by atoms with Crippen LogP contribution in [0.2, 0.25) is 0 Å². The SMILES string of the molecule is CC(C)Cn1ncnc1CC=CCCN. The number of hydrogen-bond donors (Lipinski definition) is 1. The van der Waals surface area contributed by atoms with Gasteiger partial charge in [0.2, 0.25) is 0 Å². The molecule has 4 nitrogen and oxygen atoms in total. The summed E-state index contributed by atoms with van der Waals surface area (Å²) in [6.45, 7) is 5.99. The van der Waals surface area contributed by atoms with Gasteiger partial charge in [-0.3, -0.25) is 0 Å². The van der Waals surface area contributed by atoms with Gasteiger partial charge in [0.05, 0.1) is 0 Å². The van der Waals surface area contributed by atoms with Gasteiger partial charge in [-0.15, -0.1) is 0 Å². The van der Waals surface area contributed by atoms with Gasteiger partial charge in [-0.25, -0.2) is 9.67 Å². The molecule has 4 heteroatoms. The predicted molar refractivity (Wildman–Crippen MR) is 61.4 cm³/mol. The lowest BCUT2D eigenvalue weighted by Crippen LogP contribution is -2.09. The lowest BCUT2D eigenvalue weighted by atomic mass is 10.2. The molecular formula is C11H20N4. The summed E-state index contributed by atoms with van der Waals surface area (Å²) in [5.41, 5.74) is 5.40. The molecular weight excluding hydrogens is 188 g/mol. The first-order chi connectivity index (χ1) is 7.24. The molecule has 0 aliphatic rings. The Balaban J connectivity index is 2.49. The molecule has 0 saturated heterocycles. The molecule has 0 aromatic carbocycles. The summed E-state index contributed by atoms with van der Waals surface area (Å²) in [5.74, 6) is 1.62. The van der Waals surface area contributed by atoms with Crippen LogP contribution in [0.3, 0.4) is 0 Å². The van der Waals surface area contributed by atoms with Gasteiger partial charge in [0.15, 0.2) is 0 Å². The summed E-state index contributed by atoms with van der Waals surface area (Å²) in [6.07, 6.45) is 7.58. The molecule has 1 aromatic rings. The second-order valence-electron chi connectivity index (χ2n) is 4.01. The normalized spacial score (nSPS) is 11.7. The van der Waals surface area contributed by atoms with Crippen molar-refractivity contribution >= 4 is 0 Å². The molecule has 0 amide bonds. The van der Waals surface area contributed by atoms with Crippen LogP contribution in [-0.4, -0.2) is 21.3 Å². The summed E-state index contributed by atoms with van der Waals surface area (Å²) >= 11 is 0. The number of nitrogens with two attached hydrogens (primary N) is 1. The molecule has 1 rings (SSSR count). The topological polar surface area (TPSA) is 56.7 Å². The molecule has 0 fully saturated rings. The van der Waals surface area contributed by atoms with E-state index in [0.717, 1.165) is 25.2 Å². The average Bonchev–Trinajstić information content (AvgIpc) is 2.59. The molecule has 1 heterocycles. The third-order valence-corrected chi connectivity index (χ3v) is 2.03. The van der Waals surface area contributed by atoms with E-state index in [1.807, 2.05) is 4.68 Å². The van der Waals surface area contributed by atoms with Crippen molar-refractivity contribution in [1.29, 1.82) is 0 Å². The number of hydrogen-bond acceptors (Lipinski definition) is 3. The first-order valence-electron chi connectivity index (χ1n) is 5.45. The summed E-state index contributed by atoms with van der Waals surface area (Å²) in [7, 11) is 0. The Kier molecular flexibility index (Phi) is 5.04. The summed E-state index contributed by atoms with van der Waals surface area (Å²) in [6, 6.07) is 0. The van der Waals surface area contributed by atoms with Crippen molar-refractivity contribution in [3.63, 3.8) is 0 Å². The molecule has 0 saturated carbocycles.